The van der Waals surface area contributed by atoms with Gasteiger partial charge in [0.05, 0.1) is 10.4 Å². The first-order chi connectivity index (χ1) is 9.11. The molecular weight excluding hydrogens is 349 g/mol. The highest BCUT2D eigenvalue weighted by Crippen LogP contribution is 2.34. The van der Waals surface area contributed by atoms with E-state index >= 15 is 0 Å². The normalized spacial score (nSPS) is 12.6. The molecule has 0 bridgehead atoms. The monoisotopic (exact) mass is 361 g/mol. The zero-order chi connectivity index (χ0) is 13.8. The van der Waals surface area contributed by atoms with Crippen LogP contribution >= 0.6 is 38.9 Å². The van der Waals surface area contributed by atoms with Crippen molar-refractivity contribution in [3.8, 4) is 0 Å². The molecule has 0 saturated heterocycles. The fourth-order valence-corrected chi connectivity index (χ4v) is 3.50. The van der Waals surface area contributed by atoms with Crippen LogP contribution in [0.2, 0.25) is 4.34 Å². The number of hydrogen-bond donors (Lipinski definition) is 1. The van der Waals surface area contributed by atoms with E-state index in [1.807, 2.05) is 12.1 Å². The summed E-state index contributed by atoms with van der Waals surface area (Å²) in [5.74, 6) is -0.232. The zero-order valence-electron chi connectivity index (χ0n) is 10.4. The van der Waals surface area contributed by atoms with Crippen LogP contribution in [-0.4, -0.2) is 6.54 Å². The van der Waals surface area contributed by atoms with Gasteiger partial charge in [0.25, 0.3) is 0 Å². The highest BCUT2D eigenvalue weighted by Gasteiger charge is 2.18. The summed E-state index contributed by atoms with van der Waals surface area (Å²) in [7, 11) is 0. The Morgan fingerprint density at radius 3 is 2.79 bits per heavy atom. The van der Waals surface area contributed by atoms with Gasteiger partial charge in [-0.05, 0) is 48.9 Å². The van der Waals surface area contributed by atoms with Gasteiger partial charge in [-0.1, -0.05) is 34.5 Å². The largest absolute Gasteiger partial charge is 0.306 e. The van der Waals surface area contributed by atoms with Crippen molar-refractivity contribution in [2.45, 2.75) is 19.4 Å². The summed E-state index contributed by atoms with van der Waals surface area (Å²) in [4.78, 5) is 1.09. The maximum atomic E-state index is 13.5. The topological polar surface area (TPSA) is 12.0 Å². The molecule has 0 aliphatic carbocycles. The van der Waals surface area contributed by atoms with E-state index in [2.05, 4.69) is 28.2 Å². The highest BCUT2D eigenvalue weighted by molar-refractivity contribution is 9.10. The van der Waals surface area contributed by atoms with E-state index in [-0.39, 0.29) is 11.9 Å². The van der Waals surface area contributed by atoms with Gasteiger partial charge in [0.1, 0.15) is 5.82 Å². The Kier molecular flexibility index (Phi) is 5.39. The second kappa shape index (κ2) is 6.84. The number of hydrogen-bond acceptors (Lipinski definition) is 2. The molecule has 0 spiro atoms. The van der Waals surface area contributed by atoms with Gasteiger partial charge in [-0.25, -0.2) is 4.39 Å². The van der Waals surface area contributed by atoms with Crippen LogP contribution in [0.3, 0.4) is 0 Å². The summed E-state index contributed by atoms with van der Waals surface area (Å²) in [5.41, 5.74) is 0.895. The van der Waals surface area contributed by atoms with E-state index in [0.717, 1.165) is 32.2 Å². The van der Waals surface area contributed by atoms with Crippen LogP contribution in [0.5, 0.6) is 0 Å². The van der Waals surface area contributed by atoms with Crippen molar-refractivity contribution in [2.24, 2.45) is 0 Å². The number of halogens is 3. The maximum Gasteiger partial charge on any atom is 0.123 e. The average molecular weight is 363 g/mol. The Balaban J connectivity index is 2.39. The third-order valence-electron chi connectivity index (χ3n) is 2.75. The molecule has 2 aromatic rings. The van der Waals surface area contributed by atoms with Crippen molar-refractivity contribution in [2.75, 3.05) is 6.54 Å². The van der Waals surface area contributed by atoms with E-state index in [9.17, 15) is 4.39 Å². The van der Waals surface area contributed by atoms with E-state index in [1.165, 1.54) is 17.4 Å². The zero-order valence-corrected chi connectivity index (χ0v) is 13.6. The molecule has 1 atom stereocenters. The molecule has 2 rings (SSSR count). The smallest absolute Gasteiger partial charge is 0.123 e. The van der Waals surface area contributed by atoms with Gasteiger partial charge in [-0.3, -0.25) is 0 Å². The quantitative estimate of drug-likeness (QED) is 0.751. The van der Waals surface area contributed by atoms with Crippen molar-refractivity contribution in [1.82, 2.24) is 5.32 Å². The molecule has 1 aromatic heterocycles. The summed E-state index contributed by atoms with van der Waals surface area (Å²) in [5, 5.41) is 3.44. The lowest BCUT2D eigenvalue weighted by molar-refractivity contribution is 0.589. The van der Waals surface area contributed by atoms with Crippen molar-refractivity contribution >= 4 is 38.9 Å². The molecule has 0 amide bonds. The highest BCUT2D eigenvalue weighted by atomic mass is 79.9. The molecule has 1 heterocycles. The first kappa shape index (κ1) is 15.0. The Hall–Kier alpha value is -0.420. The number of rotatable bonds is 5. The Labute approximate surface area is 129 Å². The SMILES string of the molecule is CCCNC(c1ccc(Cl)s1)c1cc(F)ccc1Br. The van der Waals surface area contributed by atoms with Gasteiger partial charge < -0.3 is 5.32 Å². The molecule has 0 aliphatic rings. The molecule has 5 heteroatoms. The second-order valence-corrected chi connectivity index (χ2v) is 6.80. The first-order valence-electron chi connectivity index (χ1n) is 6.05. The van der Waals surface area contributed by atoms with Gasteiger partial charge in [0.2, 0.25) is 0 Å². The van der Waals surface area contributed by atoms with Crippen LogP contribution in [0, 0.1) is 5.82 Å². The van der Waals surface area contributed by atoms with Gasteiger partial charge in [-0.2, -0.15) is 0 Å². The second-order valence-electron chi connectivity index (χ2n) is 4.19. The molecule has 102 valence electrons. The predicted octanol–water partition coefficient (Wildman–Crippen LogP) is 5.39. The summed E-state index contributed by atoms with van der Waals surface area (Å²) in [6, 6.07) is 8.56. The Bertz CT molecular complexity index is 558. The van der Waals surface area contributed by atoms with E-state index in [0.29, 0.717) is 0 Å². The molecule has 1 aromatic carbocycles. The fourth-order valence-electron chi connectivity index (χ4n) is 1.87. The fraction of sp³-hybridized carbons (Fsp3) is 0.286. The molecule has 19 heavy (non-hydrogen) atoms. The third kappa shape index (κ3) is 3.78. The van der Waals surface area contributed by atoms with Crippen LogP contribution in [0.1, 0.15) is 29.8 Å². The maximum absolute atomic E-state index is 13.5. The minimum atomic E-state index is -0.232. The molecule has 0 fully saturated rings. The van der Waals surface area contributed by atoms with Gasteiger partial charge in [-0.15, -0.1) is 11.3 Å². The molecule has 0 aliphatic heterocycles. The molecule has 1 nitrogen and oxygen atoms in total. The summed E-state index contributed by atoms with van der Waals surface area (Å²) >= 11 is 11.0. The molecular formula is C14H14BrClFNS. The lowest BCUT2D eigenvalue weighted by Gasteiger charge is -2.19. The lowest BCUT2D eigenvalue weighted by atomic mass is 10.1. The minimum Gasteiger partial charge on any atom is -0.306 e. The number of thiophene rings is 1. The first-order valence-corrected chi connectivity index (χ1v) is 8.04. The van der Waals surface area contributed by atoms with Crippen LogP contribution in [0.4, 0.5) is 4.39 Å². The van der Waals surface area contributed by atoms with Crippen LogP contribution < -0.4 is 5.32 Å². The lowest BCUT2D eigenvalue weighted by Crippen LogP contribution is -2.22. The van der Waals surface area contributed by atoms with Gasteiger partial charge in [0, 0.05) is 9.35 Å². The van der Waals surface area contributed by atoms with Crippen molar-refractivity contribution in [3.05, 3.63) is 55.4 Å². The van der Waals surface area contributed by atoms with Crippen molar-refractivity contribution < 1.29 is 4.39 Å². The predicted molar refractivity (Wildman–Crippen MR) is 83.6 cm³/mol. The standard InChI is InChI=1S/C14H14BrClFNS/c1-2-7-18-14(12-5-6-13(16)19-12)10-8-9(17)3-4-11(10)15/h3-6,8,14,18H,2,7H2,1H3. The van der Waals surface area contributed by atoms with Gasteiger partial charge in [0.15, 0.2) is 0 Å². The average Bonchev–Trinajstić information content (AvgIpc) is 2.80. The van der Waals surface area contributed by atoms with Gasteiger partial charge >= 0.3 is 0 Å². The summed E-state index contributed by atoms with van der Waals surface area (Å²) in [6.45, 7) is 2.97. The number of nitrogens with one attached hydrogen (secondary N) is 1. The summed E-state index contributed by atoms with van der Waals surface area (Å²) < 4.78 is 15.1. The van der Waals surface area contributed by atoms with Crippen LogP contribution in [0.15, 0.2) is 34.8 Å². The van der Waals surface area contributed by atoms with Crippen LogP contribution in [-0.2, 0) is 0 Å². The Morgan fingerprint density at radius 1 is 1.37 bits per heavy atom. The molecule has 1 unspecified atom stereocenters. The Morgan fingerprint density at radius 2 is 2.16 bits per heavy atom. The molecule has 0 saturated carbocycles. The number of benzene rings is 1. The van der Waals surface area contributed by atoms with Crippen molar-refractivity contribution in [1.29, 1.82) is 0 Å². The van der Waals surface area contributed by atoms with E-state index < -0.39 is 0 Å². The van der Waals surface area contributed by atoms with E-state index in [1.54, 1.807) is 12.1 Å². The van der Waals surface area contributed by atoms with Crippen molar-refractivity contribution in [3.63, 3.8) is 0 Å². The third-order valence-corrected chi connectivity index (χ3v) is 4.76. The molecule has 1 N–H and O–H groups in total. The van der Waals surface area contributed by atoms with E-state index in [4.69, 9.17) is 11.6 Å². The summed E-state index contributed by atoms with van der Waals surface area (Å²) in [6.07, 6.45) is 1.02. The minimum absolute atomic E-state index is 0.0393. The van der Waals surface area contributed by atoms with Crippen LogP contribution in [0.25, 0.3) is 0 Å². The molecule has 0 radical (unpaired) electrons.